The minimum atomic E-state index is -0.927. The number of carbonyl (C=O) groups is 2. The van der Waals surface area contributed by atoms with E-state index in [1.165, 1.54) is 4.88 Å². The van der Waals surface area contributed by atoms with Gasteiger partial charge in [0, 0.05) is 17.8 Å². The Morgan fingerprint density at radius 3 is 2.65 bits per heavy atom. The lowest BCUT2D eigenvalue weighted by atomic mass is 10.1. The van der Waals surface area contributed by atoms with Crippen LogP contribution in [0.2, 0.25) is 0 Å². The maximum absolute atomic E-state index is 12.5. The highest BCUT2D eigenvalue weighted by Crippen LogP contribution is 2.34. The second-order valence-corrected chi connectivity index (χ2v) is 6.74. The molecular formula is C18H19NO3S. The molecule has 0 aliphatic carbocycles. The summed E-state index contributed by atoms with van der Waals surface area (Å²) in [6, 6.07) is 11.1. The van der Waals surface area contributed by atoms with Crippen LogP contribution in [0.1, 0.15) is 46.1 Å². The maximum Gasteiger partial charge on any atom is 0.335 e. The topological polar surface area (TPSA) is 57.6 Å². The van der Waals surface area contributed by atoms with Gasteiger partial charge in [-0.25, -0.2) is 4.79 Å². The molecule has 2 aromatic rings. The number of benzene rings is 1. The lowest BCUT2D eigenvalue weighted by molar-refractivity contribution is -0.132. The Kier molecular flexibility index (Phi) is 4.76. The molecule has 1 fully saturated rings. The molecule has 0 saturated carbocycles. The fourth-order valence-electron chi connectivity index (χ4n) is 3.05. The minimum Gasteiger partial charge on any atom is -0.478 e. The molecule has 5 heteroatoms. The molecule has 2 heterocycles. The zero-order chi connectivity index (χ0) is 16.2. The third-order valence-corrected chi connectivity index (χ3v) is 5.25. The number of carbonyl (C=O) groups excluding carboxylic acids is 1. The van der Waals surface area contributed by atoms with Gasteiger partial charge in [0.15, 0.2) is 0 Å². The number of carboxylic acid groups (broad SMARTS) is 1. The van der Waals surface area contributed by atoms with Crippen molar-refractivity contribution in [2.45, 2.75) is 31.7 Å². The number of amides is 1. The molecule has 1 unspecified atom stereocenters. The number of thiophene rings is 1. The highest BCUT2D eigenvalue weighted by atomic mass is 32.1. The average Bonchev–Trinajstić information content (AvgIpc) is 3.23. The van der Waals surface area contributed by atoms with Gasteiger partial charge in [-0.1, -0.05) is 18.2 Å². The Labute approximate surface area is 139 Å². The van der Waals surface area contributed by atoms with Crippen LogP contribution in [0.15, 0.2) is 41.8 Å². The molecule has 1 amide bonds. The van der Waals surface area contributed by atoms with Gasteiger partial charge in [-0.3, -0.25) is 4.79 Å². The molecule has 1 aliphatic rings. The number of hydrogen-bond donors (Lipinski definition) is 1. The minimum absolute atomic E-state index is 0.184. The molecule has 1 N–H and O–H groups in total. The smallest absolute Gasteiger partial charge is 0.335 e. The van der Waals surface area contributed by atoms with Gasteiger partial charge in [0.25, 0.3) is 0 Å². The Hall–Kier alpha value is -2.14. The van der Waals surface area contributed by atoms with E-state index in [4.69, 9.17) is 5.11 Å². The first-order valence-electron chi connectivity index (χ1n) is 7.80. The average molecular weight is 329 g/mol. The van der Waals surface area contributed by atoms with Crippen molar-refractivity contribution < 1.29 is 14.7 Å². The molecule has 0 radical (unpaired) electrons. The zero-order valence-corrected chi connectivity index (χ0v) is 13.6. The number of rotatable bonds is 5. The molecule has 1 aromatic heterocycles. The molecule has 4 nitrogen and oxygen atoms in total. The van der Waals surface area contributed by atoms with E-state index in [-0.39, 0.29) is 17.5 Å². The van der Waals surface area contributed by atoms with Crippen LogP contribution in [0.4, 0.5) is 0 Å². The fraction of sp³-hybridized carbons (Fsp3) is 0.333. The van der Waals surface area contributed by atoms with Gasteiger partial charge in [0.2, 0.25) is 5.91 Å². The van der Waals surface area contributed by atoms with Crippen LogP contribution in [-0.2, 0) is 11.2 Å². The molecular weight excluding hydrogens is 310 g/mol. The summed E-state index contributed by atoms with van der Waals surface area (Å²) in [5.74, 6) is -0.744. The van der Waals surface area contributed by atoms with Crippen molar-refractivity contribution in [2.75, 3.05) is 6.54 Å². The van der Waals surface area contributed by atoms with E-state index in [0.29, 0.717) is 12.8 Å². The fourth-order valence-corrected chi connectivity index (χ4v) is 3.92. The molecule has 1 aliphatic heterocycles. The molecule has 1 aromatic carbocycles. The van der Waals surface area contributed by atoms with Crippen molar-refractivity contribution >= 4 is 23.2 Å². The van der Waals surface area contributed by atoms with Gasteiger partial charge < -0.3 is 10.0 Å². The van der Waals surface area contributed by atoms with Crippen molar-refractivity contribution in [1.82, 2.24) is 4.90 Å². The lowest BCUT2D eigenvalue weighted by Crippen LogP contribution is -2.30. The summed E-state index contributed by atoms with van der Waals surface area (Å²) < 4.78 is 0. The molecule has 1 saturated heterocycles. The van der Waals surface area contributed by atoms with Crippen molar-refractivity contribution in [3.05, 3.63) is 57.8 Å². The summed E-state index contributed by atoms with van der Waals surface area (Å²) in [6.45, 7) is 0.833. The monoisotopic (exact) mass is 329 g/mol. The predicted octanol–water partition coefficient (Wildman–Crippen LogP) is 3.74. The molecule has 0 bridgehead atoms. The first-order chi connectivity index (χ1) is 11.1. The molecule has 120 valence electrons. The zero-order valence-electron chi connectivity index (χ0n) is 12.8. The van der Waals surface area contributed by atoms with Gasteiger partial charge >= 0.3 is 5.97 Å². The van der Waals surface area contributed by atoms with E-state index in [1.54, 1.807) is 35.6 Å². The third-order valence-electron chi connectivity index (χ3n) is 4.27. The van der Waals surface area contributed by atoms with Gasteiger partial charge in [0.05, 0.1) is 11.6 Å². The van der Waals surface area contributed by atoms with Crippen molar-refractivity contribution in [1.29, 1.82) is 0 Å². The number of aromatic carboxylic acids is 1. The van der Waals surface area contributed by atoms with E-state index in [0.717, 1.165) is 24.9 Å². The van der Waals surface area contributed by atoms with Crippen LogP contribution >= 0.6 is 11.3 Å². The number of hydrogen-bond acceptors (Lipinski definition) is 3. The number of likely N-dealkylation sites (tertiary alicyclic amines) is 1. The number of aryl methyl sites for hydroxylation is 1. The normalized spacial score (nSPS) is 17.4. The van der Waals surface area contributed by atoms with Gasteiger partial charge in [-0.05, 0) is 48.4 Å². The van der Waals surface area contributed by atoms with Gasteiger partial charge in [-0.2, -0.15) is 0 Å². The summed E-state index contributed by atoms with van der Waals surface area (Å²) in [5.41, 5.74) is 1.27. The first-order valence-corrected chi connectivity index (χ1v) is 8.68. The van der Waals surface area contributed by atoms with E-state index >= 15 is 0 Å². The molecule has 0 spiro atoms. The highest BCUT2D eigenvalue weighted by Gasteiger charge is 2.30. The Balaban J connectivity index is 1.59. The van der Waals surface area contributed by atoms with Crippen molar-refractivity contribution in [3.63, 3.8) is 0 Å². The van der Waals surface area contributed by atoms with E-state index in [1.807, 2.05) is 11.0 Å². The summed E-state index contributed by atoms with van der Waals surface area (Å²) >= 11 is 1.71. The summed E-state index contributed by atoms with van der Waals surface area (Å²) in [6.07, 6.45) is 3.21. The van der Waals surface area contributed by atoms with Crippen LogP contribution in [-0.4, -0.2) is 28.4 Å². The van der Waals surface area contributed by atoms with Crippen LogP contribution in [0.25, 0.3) is 0 Å². The molecule has 1 atom stereocenters. The van der Waals surface area contributed by atoms with E-state index in [9.17, 15) is 9.59 Å². The largest absolute Gasteiger partial charge is 0.478 e. The first kappa shape index (κ1) is 15.7. The molecule has 23 heavy (non-hydrogen) atoms. The van der Waals surface area contributed by atoms with Crippen molar-refractivity contribution in [3.8, 4) is 0 Å². The van der Waals surface area contributed by atoms with Gasteiger partial charge in [0.1, 0.15) is 0 Å². The second kappa shape index (κ2) is 6.96. The van der Waals surface area contributed by atoms with Crippen LogP contribution in [0.3, 0.4) is 0 Å². The molecule has 3 rings (SSSR count). The highest BCUT2D eigenvalue weighted by molar-refractivity contribution is 7.10. The SMILES string of the molecule is O=C(O)c1ccc(CCC(=O)N2CCCC2c2cccs2)cc1. The van der Waals surface area contributed by atoms with E-state index in [2.05, 4.69) is 11.4 Å². The second-order valence-electron chi connectivity index (χ2n) is 5.76. The number of nitrogens with zero attached hydrogens (tertiary/aromatic N) is 1. The quantitative estimate of drug-likeness (QED) is 0.909. The Bertz CT molecular complexity index is 679. The van der Waals surface area contributed by atoms with Crippen LogP contribution in [0.5, 0.6) is 0 Å². The van der Waals surface area contributed by atoms with E-state index < -0.39 is 5.97 Å². The lowest BCUT2D eigenvalue weighted by Gasteiger charge is -2.24. The standard InChI is InChI=1S/C18H19NO3S/c20-17(10-7-13-5-8-14(9-6-13)18(21)22)19-11-1-3-15(19)16-4-2-12-23-16/h2,4-6,8-9,12,15H,1,3,7,10-11H2,(H,21,22). The maximum atomic E-state index is 12.5. The third kappa shape index (κ3) is 3.62. The van der Waals surface area contributed by atoms with Crippen molar-refractivity contribution in [2.24, 2.45) is 0 Å². The predicted molar refractivity (Wildman–Crippen MR) is 89.7 cm³/mol. The number of carboxylic acids is 1. The summed E-state index contributed by atoms with van der Waals surface area (Å²) in [5, 5.41) is 11.0. The Morgan fingerprint density at radius 1 is 1.22 bits per heavy atom. The van der Waals surface area contributed by atoms with Gasteiger partial charge in [-0.15, -0.1) is 11.3 Å². The Morgan fingerprint density at radius 2 is 2.00 bits per heavy atom. The summed E-state index contributed by atoms with van der Waals surface area (Å²) in [4.78, 5) is 26.6. The van der Waals surface area contributed by atoms with Crippen LogP contribution in [0, 0.1) is 0 Å². The van der Waals surface area contributed by atoms with Crippen LogP contribution < -0.4 is 0 Å². The summed E-state index contributed by atoms with van der Waals surface area (Å²) in [7, 11) is 0.